The first-order valence-electron chi connectivity index (χ1n) is 7.63. The molecule has 1 N–H and O–H groups in total. The second kappa shape index (κ2) is 6.57. The molecule has 1 heterocycles. The Bertz CT molecular complexity index is 808. The van der Waals surface area contributed by atoms with Gasteiger partial charge in [0, 0.05) is 19.2 Å². The summed E-state index contributed by atoms with van der Waals surface area (Å²) in [5.41, 5.74) is 4.65. The minimum absolute atomic E-state index is 0.754. The van der Waals surface area contributed by atoms with Crippen molar-refractivity contribution in [3.63, 3.8) is 0 Å². The molecule has 23 heavy (non-hydrogen) atoms. The predicted octanol–water partition coefficient (Wildman–Crippen LogP) is 4.02. The summed E-state index contributed by atoms with van der Waals surface area (Å²) in [5, 5.41) is 3.40. The Morgan fingerprint density at radius 1 is 1.13 bits per heavy atom. The van der Waals surface area contributed by atoms with Crippen LogP contribution in [0.25, 0.3) is 11.3 Å². The Labute approximate surface area is 136 Å². The predicted molar refractivity (Wildman–Crippen MR) is 93.7 cm³/mol. The Morgan fingerprint density at radius 2 is 1.96 bits per heavy atom. The van der Waals surface area contributed by atoms with E-state index in [2.05, 4.69) is 52.1 Å². The van der Waals surface area contributed by atoms with Crippen LogP contribution in [0, 0.1) is 6.92 Å². The zero-order valence-corrected chi connectivity index (χ0v) is 13.7. The summed E-state index contributed by atoms with van der Waals surface area (Å²) in [6.07, 6.45) is 1.88. The Kier molecular flexibility index (Phi) is 4.33. The van der Waals surface area contributed by atoms with Crippen LogP contribution in [-0.2, 0) is 13.6 Å². The maximum atomic E-state index is 5.29. The van der Waals surface area contributed by atoms with E-state index in [0.29, 0.717) is 0 Å². The Morgan fingerprint density at radius 3 is 2.74 bits per heavy atom. The first kappa shape index (κ1) is 15.2. The molecule has 0 aliphatic rings. The lowest BCUT2D eigenvalue weighted by Gasteiger charge is -2.09. The number of methoxy groups -OCH3 is 1. The molecule has 4 heteroatoms. The van der Waals surface area contributed by atoms with Gasteiger partial charge in [0.15, 0.2) is 0 Å². The molecular formula is C19H21N3O. The standard InChI is InChI=1S/C19H21N3O/c1-14-6-4-7-15(10-14)12-20-19-21-13-18(22(19)2)16-8-5-9-17(11-16)23-3/h4-11,13H,12H2,1-3H3,(H,20,21). The van der Waals surface area contributed by atoms with Gasteiger partial charge < -0.3 is 14.6 Å². The first-order valence-corrected chi connectivity index (χ1v) is 7.63. The van der Waals surface area contributed by atoms with E-state index >= 15 is 0 Å². The Balaban J connectivity index is 1.79. The highest BCUT2D eigenvalue weighted by Gasteiger charge is 2.09. The van der Waals surface area contributed by atoms with Crippen molar-refractivity contribution in [3.8, 4) is 17.0 Å². The van der Waals surface area contributed by atoms with Crippen LogP contribution in [0.2, 0.25) is 0 Å². The van der Waals surface area contributed by atoms with Gasteiger partial charge >= 0.3 is 0 Å². The summed E-state index contributed by atoms with van der Waals surface area (Å²) in [7, 11) is 3.69. The minimum atomic E-state index is 0.754. The van der Waals surface area contributed by atoms with Gasteiger partial charge in [0.1, 0.15) is 5.75 Å². The highest BCUT2D eigenvalue weighted by molar-refractivity contribution is 5.63. The first-order chi connectivity index (χ1) is 11.2. The SMILES string of the molecule is COc1cccc(-c2cnc(NCc3cccc(C)c3)n2C)c1. The minimum Gasteiger partial charge on any atom is -0.497 e. The zero-order valence-electron chi connectivity index (χ0n) is 13.7. The van der Waals surface area contributed by atoms with Crippen LogP contribution in [0.1, 0.15) is 11.1 Å². The summed E-state index contributed by atoms with van der Waals surface area (Å²) in [6, 6.07) is 16.5. The van der Waals surface area contributed by atoms with Crippen LogP contribution in [-0.4, -0.2) is 16.7 Å². The molecule has 3 rings (SSSR count). The molecule has 0 amide bonds. The van der Waals surface area contributed by atoms with E-state index < -0.39 is 0 Å². The summed E-state index contributed by atoms with van der Waals surface area (Å²) in [4.78, 5) is 4.50. The third-order valence-corrected chi connectivity index (χ3v) is 3.89. The topological polar surface area (TPSA) is 39.1 Å². The summed E-state index contributed by atoms with van der Waals surface area (Å²) < 4.78 is 7.35. The van der Waals surface area contributed by atoms with Crippen LogP contribution in [0.4, 0.5) is 5.95 Å². The molecule has 0 spiro atoms. The molecule has 0 aliphatic carbocycles. The average molecular weight is 307 g/mol. The number of imidazole rings is 1. The molecule has 0 saturated carbocycles. The van der Waals surface area contributed by atoms with E-state index in [4.69, 9.17) is 4.74 Å². The Hall–Kier alpha value is -2.75. The maximum absolute atomic E-state index is 5.29. The van der Waals surface area contributed by atoms with Gasteiger partial charge in [0.25, 0.3) is 0 Å². The summed E-state index contributed by atoms with van der Waals surface area (Å²) >= 11 is 0. The number of hydrogen-bond acceptors (Lipinski definition) is 3. The fourth-order valence-electron chi connectivity index (χ4n) is 2.63. The van der Waals surface area contributed by atoms with Crippen LogP contribution in [0.3, 0.4) is 0 Å². The van der Waals surface area contributed by atoms with Crippen LogP contribution in [0.5, 0.6) is 5.75 Å². The van der Waals surface area contributed by atoms with Crippen molar-refractivity contribution in [3.05, 3.63) is 65.9 Å². The summed E-state index contributed by atoms with van der Waals surface area (Å²) in [6.45, 7) is 2.86. The molecule has 2 aromatic carbocycles. The lowest BCUT2D eigenvalue weighted by atomic mass is 10.1. The van der Waals surface area contributed by atoms with E-state index in [1.807, 2.05) is 31.4 Å². The van der Waals surface area contributed by atoms with Crippen molar-refractivity contribution >= 4 is 5.95 Å². The van der Waals surface area contributed by atoms with Gasteiger partial charge in [-0.05, 0) is 24.6 Å². The lowest BCUT2D eigenvalue weighted by Crippen LogP contribution is -2.05. The van der Waals surface area contributed by atoms with E-state index in [0.717, 1.165) is 29.5 Å². The molecule has 0 bridgehead atoms. The second-order valence-corrected chi connectivity index (χ2v) is 5.60. The van der Waals surface area contributed by atoms with Crippen molar-refractivity contribution in [1.29, 1.82) is 0 Å². The van der Waals surface area contributed by atoms with Gasteiger partial charge in [-0.3, -0.25) is 0 Å². The lowest BCUT2D eigenvalue weighted by molar-refractivity contribution is 0.415. The molecule has 118 valence electrons. The monoisotopic (exact) mass is 307 g/mol. The quantitative estimate of drug-likeness (QED) is 0.774. The van der Waals surface area contributed by atoms with Gasteiger partial charge in [0.05, 0.1) is 19.0 Å². The fraction of sp³-hybridized carbons (Fsp3) is 0.211. The third kappa shape index (κ3) is 3.37. The number of hydrogen-bond donors (Lipinski definition) is 1. The maximum Gasteiger partial charge on any atom is 0.203 e. The smallest absolute Gasteiger partial charge is 0.203 e. The number of aromatic nitrogens is 2. The fourth-order valence-corrected chi connectivity index (χ4v) is 2.63. The molecular weight excluding hydrogens is 286 g/mol. The van der Waals surface area contributed by atoms with E-state index in [-0.39, 0.29) is 0 Å². The number of ether oxygens (including phenoxy) is 1. The molecule has 3 aromatic rings. The van der Waals surface area contributed by atoms with E-state index in [1.165, 1.54) is 11.1 Å². The average Bonchev–Trinajstić information content (AvgIpc) is 2.94. The van der Waals surface area contributed by atoms with Crippen molar-refractivity contribution in [2.45, 2.75) is 13.5 Å². The van der Waals surface area contributed by atoms with Gasteiger partial charge in [-0.1, -0.05) is 42.0 Å². The molecule has 0 radical (unpaired) electrons. The van der Waals surface area contributed by atoms with Gasteiger partial charge in [0.2, 0.25) is 5.95 Å². The summed E-state index contributed by atoms with van der Waals surface area (Å²) in [5.74, 6) is 1.70. The number of aryl methyl sites for hydroxylation is 1. The molecule has 0 atom stereocenters. The van der Waals surface area contributed by atoms with Crippen molar-refractivity contribution in [2.24, 2.45) is 7.05 Å². The molecule has 0 unspecified atom stereocenters. The van der Waals surface area contributed by atoms with E-state index in [9.17, 15) is 0 Å². The normalized spacial score (nSPS) is 10.6. The third-order valence-electron chi connectivity index (χ3n) is 3.89. The largest absolute Gasteiger partial charge is 0.497 e. The highest BCUT2D eigenvalue weighted by Crippen LogP contribution is 2.25. The second-order valence-electron chi connectivity index (χ2n) is 5.60. The zero-order chi connectivity index (χ0) is 16.2. The van der Waals surface area contributed by atoms with Gasteiger partial charge in [-0.2, -0.15) is 0 Å². The number of nitrogens with zero attached hydrogens (tertiary/aromatic N) is 2. The number of rotatable bonds is 5. The van der Waals surface area contributed by atoms with E-state index in [1.54, 1.807) is 7.11 Å². The van der Waals surface area contributed by atoms with Crippen LogP contribution >= 0.6 is 0 Å². The molecule has 0 fully saturated rings. The number of anilines is 1. The molecule has 1 aromatic heterocycles. The highest BCUT2D eigenvalue weighted by atomic mass is 16.5. The van der Waals surface area contributed by atoms with Crippen molar-refractivity contribution in [1.82, 2.24) is 9.55 Å². The van der Waals surface area contributed by atoms with Crippen molar-refractivity contribution in [2.75, 3.05) is 12.4 Å². The number of nitrogens with one attached hydrogen (secondary N) is 1. The van der Waals surface area contributed by atoms with Gasteiger partial charge in [-0.15, -0.1) is 0 Å². The molecule has 4 nitrogen and oxygen atoms in total. The van der Waals surface area contributed by atoms with Gasteiger partial charge in [-0.25, -0.2) is 4.98 Å². The molecule has 0 saturated heterocycles. The molecule has 0 aliphatic heterocycles. The van der Waals surface area contributed by atoms with Crippen molar-refractivity contribution < 1.29 is 4.74 Å². The number of benzene rings is 2. The van der Waals surface area contributed by atoms with Crippen LogP contribution < -0.4 is 10.1 Å². The van der Waals surface area contributed by atoms with Crippen LogP contribution in [0.15, 0.2) is 54.7 Å².